The van der Waals surface area contributed by atoms with Gasteiger partial charge in [-0.1, -0.05) is 17.7 Å². The highest BCUT2D eigenvalue weighted by Crippen LogP contribution is 2.44. The fraction of sp³-hybridized carbons (Fsp3) is 0.500. The van der Waals surface area contributed by atoms with E-state index < -0.39 is 35.1 Å². The number of carbonyl (C=O) groups is 2. The van der Waals surface area contributed by atoms with E-state index in [9.17, 15) is 14.7 Å². The van der Waals surface area contributed by atoms with Gasteiger partial charge in [0.1, 0.15) is 23.6 Å². The molecule has 1 aliphatic rings. The Balaban J connectivity index is 1.71. The van der Waals surface area contributed by atoms with Crippen LogP contribution in [0.1, 0.15) is 58.8 Å². The van der Waals surface area contributed by atoms with E-state index in [4.69, 9.17) is 36.3 Å². The second-order valence-corrected chi connectivity index (χ2v) is 11.7. The molecule has 0 radical (unpaired) electrons. The quantitative estimate of drug-likeness (QED) is 0.293. The highest BCUT2D eigenvalue weighted by atomic mass is 35.5. The summed E-state index contributed by atoms with van der Waals surface area (Å²) < 4.78 is 22.4. The van der Waals surface area contributed by atoms with Crippen LogP contribution in [0.3, 0.4) is 0 Å². The molecule has 0 aliphatic carbocycles. The number of hydrogen-bond acceptors (Lipinski definition) is 10. The van der Waals surface area contributed by atoms with Gasteiger partial charge in [-0.25, -0.2) is 9.59 Å². The van der Waals surface area contributed by atoms with Crippen LogP contribution >= 0.6 is 11.6 Å². The molecular weight excluding hydrogens is 540 g/mol. The Morgan fingerprint density at radius 1 is 1.07 bits per heavy atom. The number of methoxy groups -OCH3 is 1. The van der Waals surface area contributed by atoms with Crippen molar-refractivity contribution in [3.05, 3.63) is 52.5 Å². The first-order valence-electron chi connectivity index (χ1n) is 12.7. The maximum atomic E-state index is 12.9. The fourth-order valence-electron chi connectivity index (χ4n) is 3.82. The molecule has 0 saturated carbocycles. The number of rotatable bonds is 9. The van der Waals surface area contributed by atoms with Crippen molar-refractivity contribution in [2.45, 2.75) is 64.6 Å². The van der Waals surface area contributed by atoms with Crippen molar-refractivity contribution in [1.29, 1.82) is 0 Å². The van der Waals surface area contributed by atoms with Gasteiger partial charge >= 0.3 is 17.8 Å². The van der Waals surface area contributed by atoms with Crippen molar-refractivity contribution in [2.75, 3.05) is 32.5 Å². The van der Waals surface area contributed by atoms with Gasteiger partial charge in [0, 0.05) is 18.7 Å². The lowest BCUT2D eigenvalue weighted by molar-refractivity contribution is -0.181. The molecule has 1 heterocycles. The van der Waals surface area contributed by atoms with Crippen molar-refractivity contribution in [3.63, 3.8) is 0 Å². The van der Waals surface area contributed by atoms with Crippen molar-refractivity contribution in [2.24, 2.45) is 10.2 Å². The standard InChI is InChI=1S/C28H37ClN4O7/c1-26(2,3)39-24(35)28(37-7)19-10-9-18(15-22(19)31-32-28)38-13-12-33(25(36)40-27(4,5)6)16-23(34)17-8-11-20(29)21(30)14-17/h8-11,14-15,23,34H,12-13,16,30H2,1-7H3. The summed E-state index contributed by atoms with van der Waals surface area (Å²) in [6.07, 6.45) is -1.65. The predicted molar refractivity (Wildman–Crippen MR) is 150 cm³/mol. The van der Waals surface area contributed by atoms with Crippen LogP contribution in [0.15, 0.2) is 46.6 Å². The number of esters is 1. The number of nitrogens with two attached hydrogens (primary N) is 1. The summed E-state index contributed by atoms with van der Waals surface area (Å²) >= 11 is 5.99. The molecule has 2 aromatic rings. The number of hydrogen-bond donors (Lipinski definition) is 2. The van der Waals surface area contributed by atoms with E-state index >= 15 is 0 Å². The molecule has 2 unspecified atom stereocenters. The average molecular weight is 577 g/mol. The average Bonchev–Trinajstić information content (AvgIpc) is 3.22. The number of ether oxygens (including phenoxy) is 4. The highest BCUT2D eigenvalue weighted by molar-refractivity contribution is 6.33. The number of amides is 1. The van der Waals surface area contributed by atoms with E-state index in [1.165, 1.54) is 12.0 Å². The summed E-state index contributed by atoms with van der Waals surface area (Å²) in [6.45, 7) is 10.6. The first-order chi connectivity index (χ1) is 18.5. The van der Waals surface area contributed by atoms with Crippen LogP contribution in [0.5, 0.6) is 5.75 Å². The third-order valence-electron chi connectivity index (χ3n) is 5.68. The van der Waals surface area contributed by atoms with E-state index in [-0.39, 0.29) is 19.7 Å². The highest BCUT2D eigenvalue weighted by Gasteiger charge is 2.49. The molecule has 2 aromatic carbocycles. The molecule has 0 spiro atoms. The molecule has 2 atom stereocenters. The van der Waals surface area contributed by atoms with Crippen molar-refractivity contribution < 1.29 is 33.6 Å². The Bertz CT molecular complexity index is 1270. The van der Waals surface area contributed by atoms with Gasteiger partial charge in [0.05, 0.1) is 35.6 Å². The third kappa shape index (κ3) is 7.61. The minimum atomic E-state index is -1.70. The molecule has 11 nitrogen and oxygen atoms in total. The van der Waals surface area contributed by atoms with Crippen LogP contribution in [0.25, 0.3) is 0 Å². The van der Waals surface area contributed by atoms with E-state index in [1.807, 2.05) is 0 Å². The van der Waals surface area contributed by atoms with Crippen LogP contribution < -0.4 is 10.5 Å². The van der Waals surface area contributed by atoms with Crippen LogP contribution in [0.4, 0.5) is 16.2 Å². The van der Waals surface area contributed by atoms with Crippen molar-refractivity contribution in [1.82, 2.24) is 4.90 Å². The Morgan fingerprint density at radius 2 is 1.75 bits per heavy atom. The van der Waals surface area contributed by atoms with Gasteiger partial charge in [-0.3, -0.25) is 0 Å². The van der Waals surface area contributed by atoms with Gasteiger partial charge in [0.25, 0.3) is 0 Å². The van der Waals surface area contributed by atoms with Crippen LogP contribution in [-0.2, 0) is 24.7 Å². The number of nitrogens with zero attached hydrogens (tertiary/aromatic N) is 3. The molecule has 1 aliphatic heterocycles. The van der Waals surface area contributed by atoms with Crippen molar-refractivity contribution in [3.8, 4) is 5.75 Å². The number of benzene rings is 2. The number of aliphatic hydroxyl groups is 1. The van der Waals surface area contributed by atoms with Gasteiger partial charge in [0.2, 0.25) is 0 Å². The molecule has 1 amide bonds. The summed E-state index contributed by atoms with van der Waals surface area (Å²) in [5, 5.41) is 19.4. The van der Waals surface area contributed by atoms with Crippen molar-refractivity contribution >= 4 is 35.0 Å². The lowest BCUT2D eigenvalue weighted by atomic mass is 10.0. The lowest BCUT2D eigenvalue weighted by Crippen LogP contribution is -2.41. The summed E-state index contributed by atoms with van der Waals surface area (Å²) in [7, 11) is 1.36. The third-order valence-corrected chi connectivity index (χ3v) is 6.03. The minimum Gasteiger partial charge on any atom is -0.492 e. The zero-order valence-electron chi connectivity index (χ0n) is 23.9. The van der Waals surface area contributed by atoms with E-state index in [1.54, 1.807) is 77.9 Å². The first kappa shape index (κ1) is 31.1. The van der Waals surface area contributed by atoms with Crippen LogP contribution in [0, 0.1) is 0 Å². The van der Waals surface area contributed by atoms with Gasteiger partial charge in [-0.2, -0.15) is 5.11 Å². The number of fused-ring (bicyclic) bond motifs is 1. The summed E-state index contributed by atoms with van der Waals surface area (Å²) in [5.41, 5.74) is 4.34. The zero-order valence-corrected chi connectivity index (χ0v) is 24.6. The molecule has 0 bridgehead atoms. The van der Waals surface area contributed by atoms with Crippen LogP contribution in [0.2, 0.25) is 5.02 Å². The first-order valence-corrected chi connectivity index (χ1v) is 13.1. The predicted octanol–water partition coefficient (Wildman–Crippen LogP) is 5.51. The number of carbonyl (C=O) groups excluding carboxylic acids is 2. The zero-order chi connectivity index (χ0) is 29.9. The maximum Gasteiger partial charge on any atom is 0.410 e. The summed E-state index contributed by atoms with van der Waals surface area (Å²) in [6, 6.07) is 9.70. The molecule has 3 N–H and O–H groups in total. The number of nitrogen functional groups attached to an aromatic ring is 1. The number of azo groups is 1. The van der Waals surface area contributed by atoms with Gasteiger partial charge < -0.3 is 34.7 Å². The Labute approximate surface area is 239 Å². The fourth-order valence-corrected chi connectivity index (χ4v) is 3.94. The molecule has 12 heteroatoms. The minimum absolute atomic E-state index is 0.0655. The van der Waals surface area contributed by atoms with Crippen LogP contribution in [-0.4, -0.2) is 60.1 Å². The van der Waals surface area contributed by atoms with Gasteiger partial charge in [0.15, 0.2) is 0 Å². The summed E-state index contributed by atoms with van der Waals surface area (Å²) in [5.74, 6) is -0.239. The topological polar surface area (TPSA) is 145 Å². The monoisotopic (exact) mass is 576 g/mol. The second-order valence-electron chi connectivity index (χ2n) is 11.3. The molecule has 218 valence electrons. The SMILES string of the molecule is COC1(C(=O)OC(C)(C)C)N=Nc2cc(OCCN(CC(O)c3ccc(Cl)c(N)c3)C(=O)OC(C)(C)C)ccc21. The largest absolute Gasteiger partial charge is 0.492 e. The molecule has 40 heavy (non-hydrogen) atoms. The molecule has 3 rings (SSSR count). The van der Waals surface area contributed by atoms with E-state index in [0.29, 0.717) is 33.3 Å². The molecule has 0 saturated heterocycles. The summed E-state index contributed by atoms with van der Waals surface area (Å²) in [4.78, 5) is 27.2. The van der Waals surface area contributed by atoms with E-state index in [2.05, 4.69) is 10.2 Å². The molecule has 0 aromatic heterocycles. The molecular formula is C28H37ClN4O7. The Hall–Kier alpha value is -3.41. The number of anilines is 1. The normalized spacial score (nSPS) is 17.2. The Kier molecular flexibility index (Phi) is 9.33. The maximum absolute atomic E-state index is 12.9. The molecule has 0 fully saturated rings. The lowest BCUT2D eigenvalue weighted by Gasteiger charge is -2.29. The second kappa shape index (κ2) is 12.0. The smallest absolute Gasteiger partial charge is 0.410 e. The number of halogens is 1. The van der Waals surface area contributed by atoms with Gasteiger partial charge in [-0.15, -0.1) is 5.11 Å². The van der Waals surface area contributed by atoms with E-state index in [0.717, 1.165) is 0 Å². The van der Waals surface area contributed by atoms with Gasteiger partial charge in [-0.05, 0) is 71.4 Å². The Morgan fingerprint density at radius 3 is 2.35 bits per heavy atom. The number of aliphatic hydroxyl groups excluding tert-OH is 1.